The van der Waals surface area contributed by atoms with Crippen molar-refractivity contribution in [3.05, 3.63) is 0 Å². The molecule has 1 heteroatoms. The van der Waals surface area contributed by atoms with Crippen LogP contribution in [0.1, 0.15) is 27.2 Å². The molecule has 3 rings (SSSR count). The van der Waals surface area contributed by atoms with Gasteiger partial charge >= 0.3 is 0 Å². The minimum absolute atomic E-state index is 0. The first-order chi connectivity index (χ1) is 4.62. The molecular formula is C10H14Fe. The van der Waals surface area contributed by atoms with Crippen LogP contribution in [-0.2, 0) is 17.1 Å². The first-order valence-electron chi connectivity index (χ1n) is 4.13. The first-order valence-corrected chi connectivity index (χ1v) is 4.13. The van der Waals surface area contributed by atoms with Crippen LogP contribution in [0.15, 0.2) is 0 Å². The van der Waals surface area contributed by atoms with E-state index in [2.05, 4.69) is 32.6 Å². The van der Waals surface area contributed by atoms with Gasteiger partial charge in [0.05, 0.1) is 0 Å². The minimum atomic E-state index is 0. The third-order valence-electron chi connectivity index (χ3n) is 3.43. The molecule has 0 nitrogen and oxygen atoms in total. The van der Waals surface area contributed by atoms with Gasteiger partial charge in [0.1, 0.15) is 0 Å². The molecule has 0 heterocycles. The SMILES string of the molecule is CC1C#CC2CC1C2(C)C.[Fe]. The molecule has 11 heavy (non-hydrogen) atoms. The summed E-state index contributed by atoms with van der Waals surface area (Å²) < 4.78 is 0. The summed E-state index contributed by atoms with van der Waals surface area (Å²) in [5.74, 6) is 8.88. The molecule has 0 amide bonds. The molecule has 2 bridgehead atoms. The molecule has 0 aromatic heterocycles. The predicted molar refractivity (Wildman–Crippen MR) is 42.3 cm³/mol. The van der Waals surface area contributed by atoms with E-state index in [9.17, 15) is 0 Å². The number of hydrogen-bond acceptors (Lipinski definition) is 0. The molecule has 0 radical (unpaired) electrons. The normalized spacial score (nSPS) is 42.6. The van der Waals surface area contributed by atoms with E-state index in [1.807, 2.05) is 0 Å². The van der Waals surface area contributed by atoms with Crippen LogP contribution >= 0.6 is 0 Å². The van der Waals surface area contributed by atoms with Crippen LogP contribution in [0.5, 0.6) is 0 Å². The quantitative estimate of drug-likeness (QED) is 0.406. The summed E-state index contributed by atoms with van der Waals surface area (Å²) in [4.78, 5) is 0. The van der Waals surface area contributed by atoms with Gasteiger partial charge in [0.25, 0.3) is 0 Å². The van der Waals surface area contributed by atoms with Gasteiger partial charge in [-0.2, -0.15) is 0 Å². The van der Waals surface area contributed by atoms with Crippen molar-refractivity contribution in [3.63, 3.8) is 0 Å². The number of fused-ring (bicyclic) bond motifs is 1. The number of hydrogen-bond donors (Lipinski definition) is 0. The largest absolute Gasteiger partial charge is 0.0996 e. The van der Waals surface area contributed by atoms with Gasteiger partial charge in [-0.15, -0.1) is 0 Å². The summed E-state index contributed by atoms with van der Waals surface area (Å²) in [6.07, 6.45) is 1.36. The summed E-state index contributed by atoms with van der Waals surface area (Å²) in [6.45, 7) is 6.97. The van der Waals surface area contributed by atoms with Gasteiger partial charge in [-0.1, -0.05) is 32.6 Å². The fourth-order valence-corrected chi connectivity index (χ4v) is 2.39. The van der Waals surface area contributed by atoms with Gasteiger partial charge in [-0.25, -0.2) is 0 Å². The summed E-state index contributed by atoms with van der Waals surface area (Å²) >= 11 is 0. The average molecular weight is 190 g/mol. The Morgan fingerprint density at radius 2 is 1.91 bits per heavy atom. The van der Waals surface area contributed by atoms with Crippen molar-refractivity contribution < 1.29 is 17.1 Å². The molecule has 0 saturated heterocycles. The van der Waals surface area contributed by atoms with Crippen molar-refractivity contribution >= 4 is 0 Å². The Kier molecular flexibility index (Phi) is 2.12. The molecule has 0 spiro atoms. The summed E-state index contributed by atoms with van der Waals surface area (Å²) in [7, 11) is 0. The molecule has 1 fully saturated rings. The molecule has 0 aromatic rings. The van der Waals surface area contributed by atoms with Crippen molar-refractivity contribution in [2.75, 3.05) is 0 Å². The molecule has 0 aromatic carbocycles. The van der Waals surface area contributed by atoms with E-state index in [-0.39, 0.29) is 17.1 Å². The fraction of sp³-hybridized carbons (Fsp3) is 0.800. The molecule has 62 valence electrons. The smallest absolute Gasteiger partial charge is 0.0260 e. The maximum absolute atomic E-state index is 3.34. The van der Waals surface area contributed by atoms with E-state index in [0.717, 1.165) is 5.92 Å². The Bertz CT molecular complexity index is 219. The Morgan fingerprint density at radius 1 is 1.27 bits per heavy atom. The topological polar surface area (TPSA) is 0 Å². The molecule has 3 atom stereocenters. The van der Waals surface area contributed by atoms with Gasteiger partial charge in [0.15, 0.2) is 0 Å². The van der Waals surface area contributed by atoms with Gasteiger partial charge in [-0.05, 0) is 17.8 Å². The Balaban J connectivity index is 0.000000605. The van der Waals surface area contributed by atoms with Gasteiger partial charge in [0, 0.05) is 28.9 Å². The van der Waals surface area contributed by atoms with E-state index < -0.39 is 0 Å². The van der Waals surface area contributed by atoms with Crippen LogP contribution in [0.25, 0.3) is 0 Å². The molecular weight excluding hydrogens is 176 g/mol. The summed E-state index contributed by atoms with van der Waals surface area (Å²) in [6, 6.07) is 0. The fourth-order valence-electron chi connectivity index (χ4n) is 2.39. The number of rotatable bonds is 0. The van der Waals surface area contributed by atoms with Crippen LogP contribution in [-0.4, -0.2) is 0 Å². The Morgan fingerprint density at radius 3 is 2.18 bits per heavy atom. The van der Waals surface area contributed by atoms with Gasteiger partial charge < -0.3 is 0 Å². The molecule has 0 N–H and O–H groups in total. The van der Waals surface area contributed by atoms with Crippen LogP contribution in [0, 0.1) is 35.0 Å². The zero-order valence-corrected chi connectivity index (χ0v) is 8.40. The van der Waals surface area contributed by atoms with E-state index >= 15 is 0 Å². The molecule has 3 unspecified atom stereocenters. The van der Waals surface area contributed by atoms with Crippen LogP contribution in [0.2, 0.25) is 0 Å². The average Bonchev–Trinajstić information content (AvgIpc) is 1.87. The second-order valence-electron chi connectivity index (χ2n) is 4.29. The van der Waals surface area contributed by atoms with Crippen LogP contribution in [0.4, 0.5) is 0 Å². The molecule has 3 aliphatic carbocycles. The third kappa shape index (κ3) is 1.05. The molecule has 3 aliphatic rings. The zero-order chi connectivity index (χ0) is 7.35. The Labute approximate surface area is 79.6 Å². The monoisotopic (exact) mass is 190 g/mol. The van der Waals surface area contributed by atoms with Crippen molar-refractivity contribution in [1.29, 1.82) is 0 Å². The van der Waals surface area contributed by atoms with Crippen molar-refractivity contribution in [3.8, 4) is 11.8 Å². The second kappa shape index (κ2) is 2.54. The maximum Gasteiger partial charge on any atom is 0.0260 e. The maximum atomic E-state index is 3.34. The van der Waals surface area contributed by atoms with Gasteiger partial charge in [-0.3, -0.25) is 0 Å². The predicted octanol–water partition coefficient (Wildman–Crippen LogP) is 2.30. The minimum Gasteiger partial charge on any atom is -0.0996 e. The van der Waals surface area contributed by atoms with Crippen molar-refractivity contribution in [1.82, 2.24) is 0 Å². The van der Waals surface area contributed by atoms with E-state index in [4.69, 9.17) is 0 Å². The Hall–Kier alpha value is 0.0795. The van der Waals surface area contributed by atoms with E-state index in [1.165, 1.54) is 6.42 Å². The van der Waals surface area contributed by atoms with E-state index in [0.29, 0.717) is 17.3 Å². The standard InChI is InChI=1S/C10H14.Fe/c1-7-4-5-8-6-9(7)10(8,2)3;/h7-9H,6H2,1-3H3;. The third-order valence-corrected chi connectivity index (χ3v) is 3.43. The van der Waals surface area contributed by atoms with Crippen molar-refractivity contribution in [2.24, 2.45) is 23.2 Å². The van der Waals surface area contributed by atoms with Gasteiger partial charge in [0.2, 0.25) is 0 Å². The van der Waals surface area contributed by atoms with Crippen LogP contribution < -0.4 is 0 Å². The van der Waals surface area contributed by atoms with Crippen molar-refractivity contribution in [2.45, 2.75) is 27.2 Å². The first kappa shape index (κ1) is 9.17. The van der Waals surface area contributed by atoms with E-state index in [1.54, 1.807) is 0 Å². The zero-order valence-electron chi connectivity index (χ0n) is 7.29. The molecule has 1 saturated carbocycles. The molecule has 0 aliphatic heterocycles. The second-order valence-corrected chi connectivity index (χ2v) is 4.29. The van der Waals surface area contributed by atoms with Crippen LogP contribution in [0.3, 0.4) is 0 Å². The summed E-state index contributed by atoms with van der Waals surface area (Å²) in [5.41, 5.74) is 0.532. The summed E-state index contributed by atoms with van der Waals surface area (Å²) in [5, 5.41) is 0.